The molecule has 0 saturated heterocycles. The highest BCUT2D eigenvalue weighted by molar-refractivity contribution is 6.32. The van der Waals surface area contributed by atoms with Crippen molar-refractivity contribution in [3.8, 4) is 11.5 Å². The second-order valence-electron chi connectivity index (χ2n) is 4.12. The minimum atomic E-state index is -1.12. The van der Waals surface area contributed by atoms with E-state index in [1.54, 1.807) is 18.2 Å². The summed E-state index contributed by atoms with van der Waals surface area (Å²) in [5.41, 5.74) is 0. The number of carbonyl (C=O) groups excluding carboxylic acids is 1. The van der Waals surface area contributed by atoms with Crippen molar-refractivity contribution in [2.75, 3.05) is 7.11 Å². The number of carboxylic acids is 1. The molecule has 0 spiro atoms. The first-order valence-corrected chi connectivity index (χ1v) is 6.26. The van der Waals surface area contributed by atoms with Crippen molar-refractivity contribution < 1.29 is 24.2 Å². The lowest BCUT2D eigenvalue weighted by atomic mass is 10.3. The van der Waals surface area contributed by atoms with Crippen LogP contribution in [0.3, 0.4) is 0 Å². The molecule has 2 N–H and O–H groups in total. The zero-order valence-electron chi connectivity index (χ0n) is 11.3. The van der Waals surface area contributed by atoms with E-state index < -0.39 is 24.0 Å². The van der Waals surface area contributed by atoms with Crippen LogP contribution in [-0.2, 0) is 9.59 Å². The Morgan fingerprint density at radius 3 is 2.50 bits per heavy atom. The minimum absolute atomic E-state index is 0.301. The first kappa shape index (κ1) is 16.1. The Bertz CT molecular complexity index is 506. The van der Waals surface area contributed by atoms with Gasteiger partial charge in [0.2, 0.25) is 0 Å². The maximum absolute atomic E-state index is 11.7. The fraction of sp³-hybridized carbons (Fsp3) is 0.385. The summed E-state index contributed by atoms with van der Waals surface area (Å²) < 4.78 is 10.4. The highest BCUT2D eigenvalue weighted by Gasteiger charge is 2.21. The standard InChI is InChI=1S/C13H16ClNO5/c1-7(13(17)18)15-12(16)8(2)20-11-5-4-9(19-3)6-10(11)14/h4-8H,1-3H3,(H,15,16)(H,17,18). The summed E-state index contributed by atoms with van der Waals surface area (Å²) in [6.07, 6.45) is -0.873. The molecule has 0 bridgehead atoms. The number of ether oxygens (including phenoxy) is 2. The number of hydrogen-bond acceptors (Lipinski definition) is 4. The number of benzene rings is 1. The monoisotopic (exact) mass is 301 g/mol. The van der Waals surface area contributed by atoms with Crippen molar-refractivity contribution in [2.24, 2.45) is 0 Å². The summed E-state index contributed by atoms with van der Waals surface area (Å²) in [7, 11) is 1.51. The van der Waals surface area contributed by atoms with Crippen LogP contribution in [0.5, 0.6) is 11.5 Å². The first-order valence-electron chi connectivity index (χ1n) is 5.88. The number of hydrogen-bond donors (Lipinski definition) is 2. The van der Waals surface area contributed by atoms with Crippen LogP contribution in [0.4, 0.5) is 0 Å². The lowest BCUT2D eigenvalue weighted by molar-refractivity contribution is -0.142. The molecule has 0 aromatic heterocycles. The number of carboxylic acid groups (broad SMARTS) is 1. The van der Waals surface area contributed by atoms with Crippen LogP contribution >= 0.6 is 11.6 Å². The average Bonchev–Trinajstić information content (AvgIpc) is 2.40. The third kappa shape index (κ3) is 4.31. The summed E-state index contributed by atoms with van der Waals surface area (Å²) in [5, 5.41) is 11.3. The SMILES string of the molecule is COc1ccc(OC(C)C(=O)NC(C)C(=O)O)c(Cl)c1. The van der Waals surface area contributed by atoms with Crippen molar-refractivity contribution in [2.45, 2.75) is 26.0 Å². The molecular formula is C13H16ClNO5. The molecule has 1 aromatic rings. The summed E-state index contributed by atoms with van der Waals surface area (Å²) in [6, 6.07) is 3.79. The highest BCUT2D eigenvalue weighted by atomic mass is 35.5. The molecule has 1 amide bonds. The molecule has 7 heteroatoms. The van der Waals surface area contributed by atoms with Gasteiger partial charge < -0.3 is 19.9 Å². The summed E-state index contributed by atoms with van der Waals surface area (Å²) in [6.45, 7) is 2.87. The largest absolute Gasteiger partial charge is 0.497 e. The van der Waals surface area contributed by atoms with E-state index >= 15 is 0 Å². The van der Waals surface area contributed by atoms with Gasteiger partial charge in [0, 0.05) is 6.07 Å². The van der Waals surface area contributed by atoms with E-state index in [0.717, 1.165) is 0 Å². The molecule has 0 radical (unpaired) electrons. The highest BCUT2D eigenvalue weighted by Crippen LogP contribution is 2.29. The van der Waals surface area contributed by atoms with Crippen LogP contribution < -0.4 is 14.8 Å². The lowest BCUT2D eigenvalue weighted by Crippen LogP contribution is -2.44. The van der Waals surface area contributed by atoms with E-state index in [9.17, 15) is 9.59 Å². The van der Waals surface area contributed by atoms with E-state index in [2.05, 4.69) is 5.32 Å². The van der Waals surface area contributed by atoms with Gasteiger partial charge in [0.25, 0.3) is 5.91 Å². The van der Waals surface area contributed by atoms with E-state index in [1.807, 2.05) is 0 Å². The molecule has 0 aliphatic rings. The van der Waals surface area contributed by atoms with Gasteiger partial charge in [0.05, 0.1) is 12.1 Å². The Kier molecular flexibility index (Phi) is 5.64. The Hall–Kier alpha value is -1.95. The third-order valence-electron chi connectivity index (χ3n) is 2.54. The van der Waals surface area contributed by atoms with Gasteiger partial charge in [-0.1, -0.05) is 11.6 Å². The Morgan fingerprint density at radius 2 is 2.00 bits per heavy atom. The number of nitrogens with one attached hydrogen (secondary N) is 1. The number of methoxy groups -OCH3 is 1. The van der Waals surface area contributed by atoms with Crippen molar-refractivity contribution in [3.63, 3.8) is 0 Å². The Balaban J connectivity index is 2.68. The summed E-state index contributed by atoms with van der Waals surface area (Å²) in [4.78, 5) is 22.4. The fourth-order valence-electron chi connectivity index (χ4n) is 1.34. The van der Waals surface area contributed by atoms with Crippen LogP contribution in [0.15, 0.2) is 18.2 Å². The molecule has 1 aromatic carbocycles. The number of carbonyl (C=O) groups is 2. The summed E-state index contributed by atoms with van der Waals surface area (Å²) >= 11 is 5.98. The van der Waals surface area contributed by atoms with Gasteiger partial charge in [-0.3, -0.25) is 9.59 Å². The Morgan fingerprint density at radius 1 is 1.35 bits per heavy atom. The molecule has 2 atom stereocenters. The van der Waals surface area contributed by atoms with Crippen LogP contribution in [0.2, 0.25) is 5.02 Å². The van der Waals surface area contributed by atoms with Crippen molar-refractivity contribution >= 4 is 23.5 Å². The van der Waals surface area contributed by atoms with E-state index in [-0.39, 0.29) is 0 Å². The zero-order valence-corrected chi connectivity index (χ0v) is 12.1. The van der Waals surface area contributed by atoms with Crippen LogP contribution in [0.1, 0.15) is 13.8 Å². The molecular weight excluding hydrogens is 286 g/mol. The predicted octanol–water partition coefficient (Wildman–Crippen LogP) is 1.71. The Labute approximate surface area is 121 Å². The van der Waals surface area contributed by atoms with Gasteiger partial charge in [-0.15, -0.1) is 0 Å². The number of rotatable bonds is 6. The molecule has 20 heavy (non-hydrogen) atoms. The van der Waals surface area contributed by atoms with Gasteiger partial charge in [-0.2, -0.15) is 0 Å². The quantitative estimate of drug-likeness (QED) is 0.835. The second kappa shape index (κ2) is 7.00. The first-order chi connectivity index (χ1) is 9.35. The molecule has 0 aliphatic carbocycles. The van der Waals surface area contributed by atoms with E-state index in [0.29, 0.717) is 16.5 Å². The molecule has 1 rings (SSSR count). The topological polar surface area (TPSA) is 84.9 Å². The molecule has 2 unspecified atom stereocenters. The lowest BCUT2D eigenvalue weighted by Gasteiger charge is -2.17. The minimum Gasteiger partial charge on any atom is -0.497 e. The number of aliphatic carboxylic acids is 1. The second-order valence-corrected chi connectivity index (χ2v) is 4.53. The molecule has 0 heterocycles. The van der Waals surface area contributed by atoms with Gasteiger partial charge >= 0.3 is 5.97 Å². The van der Waals surface area contributed by atoms with Crippen LogP contribution in [0, 0.1) is 0 Å². The number of halogens is 1. The fourth-order valence-corrected chi connectivity index (χ4v) is 1.56. The molecule has 0 saturated carbocycles. The molecule has 0 aliphatic heterocycles. The zero-order chi connectivity index (χ0) is 15.3. The maximum Gasteiger partial charge on any atom is 0.325 e. The summed E-state index contributed by atoms with van der Waals surface area (Å²) in [5.74, 6) is -0.767. The van der Waals surface area contributed by atoms with Crippen molar-refractivity contribution in [1.82, 2.24) is 5.32 Å². The number of amides is 1. The molecule has 0 fully saturated rings. The van der Waals surface area contributed by atoms with Crippen LogP contribution in [-0.4, -0.2) is 36.2 Å². The van der Waals surface area contributed by atoms with E-state index in [1.165, 1.54) is 21.0 Å². The average molecular weight is 302 g/mol. The van der Waals surface area contributed by atoms with E-state index in [4.69, 9.17) is 26.2 Å². The van der Waals surface area contributed by atoms with Crippen molar-refractivity contribution in [3.05, 3.63) is 23.2 Å². The van der Waals surface area contributed by atoms with Gasteiger partial charge in [0.15, 0.2) is 6.10 Å². The smallest absolute Gasteiger partial charge is 0.325 e. The normalized spacial score (nSPS) is 13.2. The van der Waals surface area contributed by atoms with Gasteiger partial charge in [-0.05, 0) is 26.0 Å². The molecule has 110 valence electrons. The van der Waals surface area contributed by atoms with Gasteiger partial charge in [0.1, 0.15) is 17.5 Å². The maximum atomic E-state index is 11.7. The third-order valence-corrected chi connectivity index (χ3v) is 2.84. The van der Waals surface area contributed by atoms with Gasteiger partial charge in [-0.25, -0.2) is 0 Å². The van der Waals surface area contributed by atoms with Crippen molar-refractivity contribution in [1.29, 1.82) is 0 Å². The molecule has 6 nitrogen and oxygen atoms in total. The van der Waals surface area contributed by atoms with Crippen LogP contribution in [0.25, 0.3) is 0 Å². The predicted molar refractivity (Wildman–Crippen MR) is 73.3 cm³/mol.